The molecule has 5 unspecified atom stereocenters. The second-order valence-corrected chi connectivity index (χ2v) is 9.40. The third kappa shape index (κ3) is 3.30. The summed E-state index contributed by atoms with van der Waals surface area (Å²) in [6.45, 7) is -0.400. The first kappa shape index (κ1) is 21.3. The lowest BCUT2D eigenvalue weighted by molar-refractivity contribution is -0.152. The Kier molecular flexibility index (Phi) is 4.84. The van der Waals surface area contributed by atoms with Gasteiger partial charge < -0.3 is 30.1 Å². The van der Waals surface area contributed by atoms with Gasteiger partial charge in [0.1, 0.15) is 23.3 Å². The average molecular weight is 466 g/mol. The molecule has 6 N–H and O–H groups in total. The zero-order valence-corrected chi connectivity index (χ0v) is 17.4. The fraction of sp³-hybridized carbons (Fsp3) is 0.389. The fourth-order valence-corrected chi connectivity index (χ4v) is 4.98. The minimum Gasteiger partial charge on any atom is -0.388 e. The number of nitrogens with two attached hydrogens (primary N) is 1. The Morgan fingerprint density at radius 1 is 1.38 bits per heavy atom. The number of ether oxygens (including phenoxy) is 1. The van der Waals surface area contributed by atoms with Gasteiger partial charge in [-0.2, -0.15) is 14.4 Å². The van der Waals surface area contributed by atoms with E-state index in [0.29, 0.717) is 0 Å². The summed E-state index contributed by atoms with van der Waals surface area (Å²) in [5.41, 5.74) is 5.11. The van der Waals surface area contributed by atoms with E-state index in [1.54, 1.807) is 24.3 Å². The van der Waals surface area contributed by atoms with Gasteiger partial charge in [0.2, 0.25) is 0 Å². The van der Waals surface area contributed by atoms with Gasteiger partial charge in [0.15, 0.2) is 17.3 Å². The van der Waals surface area contributed by atoms with Crippen LogP contribution >= 0.6 is 7.75 Å². The van der Waals surface area contributed by atoms with Crippen molar-refractivity contribution in [2.75, 3.05) is 12.3 Å². The minimum absolute atomic E-state index is 0.0208. The highest BCUT2D eigenvalue weighted by molar-refractivity contribution is 7.50. The van der Waals surface area contributed by atoms with Crippen molar-refractivity contribution in [3.63, 3.8) is 0 Å². The van der Waals surface area contributed by atoms with E-state index in [0.717, 1.165) is 5.56 Å². The number of anilines is 1. The van der Waals surface area contributed by atoms with Crippen LogP contribution in [0.25, 0.3) is 11.2 Å². The Labute approximate surface area is 180 Å². The second kappa shape index (κ2) is 7.25. The molecule has 12 nitrogen and oxygen atoms in total. The van der Waals surface area contributed by atoms with E-state index < -0.39 is 44.0 Å². The largest absolute Gasteiger partial charge is 0.403 e. The highest BCUT2D eigenvalue weighted by atomic mass is 31.2. The summed E-state index contributed by atoms with van der Waals surface area (Å²) in [6.07, 6.45) is -2.39. The Hall–Kier alpha value is -2.51. The zero-order chi connectivity index (χ0) is 22.7. The van der Waals surface area contributed by atoms with Gasteiger partial charge in [-0.15, -0.1) is 0 Å². The van der Waals surface area contributed by atoms with E-state index in [4.69, 9.17) is 15.0 Å². The molecule has 1 saturated carbocycles. The number of nitrogen functional groups attached to an aromatic ring is 1. The third-order valence-corrected chi connectivity index (χ3v) is 6.87. The number of hydrogen-bond donors (Lipinski definition) is 5. The molecule has 170 valence electrons. The number of rotatable bonds is 7. The molecule has 0 radical (unpaired) electrons. The van der Waals surface area contributed by atoms with Gasteiger partial charge in [0.05, 0.1) is 12.9 Å². The number of aromatic nitrogens is 4. The average Bonchev–Trinajstić information content (AvgIpc) is 3.03. The summed E-state index contributed by atoms with van der Waals surface area (Å²) in [5, 5.41) is 24.1. The van der Waals surface area contributed by atoms with Crippen molar-refractivity contribution in [3.05, 3.63) is 48.3 Å². The molecule has 5 atom stereocenters. The number of benzene rings is 1. The molecule has 1 aromatic carbocycles. The van der Waals surface area contributed by atoms with E-state index in [9.17, 15) is 24.1 Å². The summed E-state index contributed by atoms with van der Waals surface area (Å²) in [6, 6.07) is 8.96. The first-order chi connectivity index (χ1) is 15.2. The lowest BCUT2D eigenvalue weighted by Gasteiger charge is -2.23. The van der Waals surface area contributed by atoms with Crippen LogP contribution in [0.5, 0.6) is 0 Å². The lowest BCUT2D eigenvalue weighted by atomic mass is 10.1. The normalized spacial score (nSPS) is 30.9. The van der Waals surface area contributed by atoms with Crippen molar-refractivity contribution < 1.29 is 33.3 Å². The maximum absolute atomic E-state index is 13.7. The third-order valence-electron chi connectivity index (χ3n) is 5.81. The molecular formula is C18H20FN6O6P. The molecule has 0 spiro atoms. The van der Waals surface area contributed by atoms with Crippen LogP contribution < -0.4 is 10.8 Å². The summed E-state index contributed by atoms with van der Waals surface area (Å²) in [4.78, 5) is 21.2. The molecule has 1 aliphatic heterocycles. The van der Waals surface area contributed by atoms with Crippen LogP contribution in [-0.4, -0.2) is 59.2 Å². The highest BCUT2D eigenvalue weighted by Gasteiger charge is 2.81. The predicted molar refractivity (Wildman–Crippen MR) is 107 cm³/mol. The van der Waals surface area contributed by atoms with Crippen molar-refractivity contribution >= 4 is 24.7 Å². The molecule has 2 fully saturated rings. The van der Waals surface area contributed by atoms with Gasteiger partial charge in [0.25, 0.3) is 0 Å². The van der Waals surface area contributed by atoms with E-state index in [2.05, 4.69) is 20.0 Å². The Balaban J connectivity index is 1.31. The number of nitrogens with zero attached hydrogens (tertiary/aromatic N) is 4. The number of aliphatic hydroxyl groups excluding tert-OH is 1. The van der Waals surface area contributed by atoms with Crippen LogP contribution in [0.3, 0.4) is 0 Å². The van der Waals surface area contributed by atoms with E-state index in [1.165, 1.54) is 10.9 Å². The van der Waals surface area contributed by atoms with Crippen molar-refractivity contribution in [1.29, 1.82) is 0 Å². The van der Waals surface area contributed by atoms with Gasteiger partial charge in [-0.1, -0.05) is 30.3 Å². The van der Waals surface area contributed by atoms with Gasteiger partial charge >= 0.3 is 13.8 Å². The van der Waals surface area contributed by atoms with Gasteiger partial charge in [-0.05, 0) is 5.56 Å². The molecule has 14 heteroatoms. The van der Waals surface area contributed by atoms with Crippen molar-refractivity contribution in [1.82, 2.24) is 24.6 Å². The molecule has 1 aliphatic carbocycles. The smallest absolute Gasteiger partial charge is 0.388 e. The van der Waals surface area contributed by atoms with Crippen LogP contribution in [0.1, 0.15) is 12.0 Å². The van der Waals surface area contributed by atoms with Crippen molar-refractivity contribution in [2.45, 2.75) is 36.5 Å². The lowest BCUT2D eigenvalue weighted by Crippen LogP contribution is -2.40. The van der Waals surface area contributed by atoms with Crippen molar-refractivity contribution in [2.24, 2.45) is 0 Å². The molecule has 1 saturated heterocycles. The van der Waals surface area contributed by atoms with Crippen LogP contribution in [-0.2, 0) is 25.9 Å². The predicted octanol–water partition coefficient (Wildman–Crippen LogP) is 0.00170. The van der Waals surface area contributed by atoms with E-state index in [-0.39, 0.29) is 29.9 Å². The van der Waals surface area contributed by atoms with Crippen LogP contribution in [0, 0.1) is 6.08 Å². The first-order valence-electron chi connectivity index (χ1n) is 9.66. The fourth-order valence-electron chi connectivity index (χ4n) is 4.16. The molecular weight excluding hydrogens is 446 g/mol. The maximum Gasteiger partial charge on any atom is 0.403 e. The van der Waals surface area contributed by atoms with Crippen LogP contribution in [0.15, 0.2) is 36.7 Å². The Morgan fingerprint density at radius 3 is 2.88 bits per heavy atom. The molecule has 32 heavy (non-hydrogen) atoms. The first-order valence-corrected chi connectivity index (χ1v) is 11.2. The molecule has 0 bridgehead atoms. The number of fused-ring (bicyclic) bond motifs is 2. The van der Waals surface area contributed by atoms with Crippen LogP contribution in [0.4, 0.5) is 10.2 Å². The van der Waals surface area contributed by atoms with Gasteiger partial charge in [0, 0.05) is 13.0 Å². The SMILES string of the molecule is Nc1nc(F)nc2c1ncn2C12CC1(O)OC(COP(=O)(O)NCc1ccccc1)C2O. The standard InChI is InChI=1S/C18H20FN6O6P/c19-16-23-14(20)12-15(24-16)25(9-21-12)17-8-18(17,27)31-11(13(17)26)7-30-32(28,29)22-6-10-4-2-1-3-5-10/h1-5,9,11,13,26-27H,6-8H2,(H2,20,23,24)(H2,22,28,29). The van der Waals surface area contributed by atoms with Crippen molar-refractivity contribution in [3.8, 4) is 0 Å². The molecule has 0 amide bonds. The van der Waals surface area contributed by atoms with Crippen LogP contribution in [0.2, 0.25) is 0 Å². The number of nitrogens with one attached hydrogen (secondary N) is 1. The molecule has 2 aromatic heterocycles. The number of imidazole rings is 1. The summed E-state index contributed by atoms with van der Waals surface area (Å²) in [7, 11) is -4.23. The molecule has 3 heterocycles. The molecule has 2 aliphatic rings. The van der Waals surface area contributed by atoms with E-state index in [1.807, 2.05) is 6.07 Å². The summed E-state index contributed by atoms with van der Waals surface area (Å²) in [5.74, 6) is -2.01. The van der Waals surface area contributed by atoms with E-state index >= 15 is 0 Å². The summed E-state index contributed by atoms with van der Waals surface area (Å²) >= 11 is 0. The number of hydrogen-bond acceptors (Lipinski definition) is 9. The van der Waals surface area contributed by atoms with Gasteiger partial charge in [-0.3, -0.25) is 4.52 Å². The Bertz CT molecular complexity index is 1230. The zero-order valence-electron chi connectivity index (χ0n) is 16.5. The second-order valence-electron chi connectivity index (χ2n) is 7.79. The number of halogens is 1. The van der Waals surface area contributed by atoms with Gasteiger partial charge in [-0.25, -0.2) is 14.6 Å². The molecule has 3 aromatic rings. The Morgan fingerprint density at radius 2 is 2.12 bits per heavy atom. The minimum atomic E-state index is -4.23. The maximum atomic E-state index is 13.7. The molecule has 5 rings (SSSR count). The number of aliphatic hydroxyl groups is 2. The quantitative estimate of drug-likeness (QED) is 0.234. The highest BCUT2D eigenvalue weighted by Crippen LogP contribution is 2.64. The monoisotopic (exact) mass is 466 g/mol. The topological polar surface area (TPSA) is 178 Å². The summed E-state index contributed by atoms with van der Waals surface area (Å²) < 4.78 is 37.9.